The van der Waals surface area contributed by atoms with E-state index in [-0.39, 0.29) is 11.7 Å². The number of hydrogen-bond donors (Lipinski definition) is 1. The lowest BCUT2D eigenvalue weighted by atomic mass is 10.2. The molecule has 0 fully saturated rings. The van der Waals surface area contributed by atoms with Crippen molar-refractivity contribution < 1.29 is 9.18 Å². The Bertz CT molecular complexity index is 619. The number of hydrogen-bond acceptors (Lipinski definition) is 4. The van der Waals surface area contributed by atoms with Gasteiger partial charge in [0.05, 0.1) is 5.56 Å². The van der Waals surface area contributed by atoms with E-state index in [4.69, 9.17) is 0 Å². The van der Waals surface area contributed by atoms with E-state index in [1.165, 1.54) is 18.5 Å². The fraction of sp³-hybridized carbons (Fsp3) is 0.312. The molecule has 2 aromatic rings. The third-order valence-electron chi connectivity index (χ3n) is 3.01. The highest BCUT2D eigenvalue weighted by Gasteiger charge is 2.05. The second-order valence-electron chi connectivity index (χ2n) is 4.77. The average Bonchev–Trinajstić information content (AvgIpc) is 2.53. The first-order chi connectivity index (χ1) is 10.7. The largest absolute Gasteiger partial charge is 0.352 e. The Kier molecular flexibility index (Phi) is 6.33. The standard InChI is InChI=1S/C16H18FN3OS/c1-12-19-9-14(10-20-12)16(21)18-7-4-8-22-11-13-5-2-3-6-15(13)17/h2-3,5-6,9-10H,4,7-8,11H2,1H3,(H,18,21). The zero-order chi connectivity index (χ0) is 15.8. The van der Waals surface area contributed by atoms with Gasteiger partial charge < -0.3 is 5.32 Å². The lowest BCUT2D eigenvalue weighted by Crippen LogP contribution is -2.25. The lowest BCUT2D eigenvalue weighted by molar-refractivity contribution is 0.0953. The van der Waals surface area contributed by atoms with E-state index in [1.807, 2.05) is 6.07 Å². The number of nitrogens with one attached hydrogen (secondary N) is 1. The number of rotatable bonds is 7. The van der Waals surface area contributed by atoms with Crippen molar-refractivity contribution >= 4 is 17.7 Å². The average molecular weight is 319 g/mol. The molecule has 0 saturated heterocycles. The fourth-order valence-electron chi connectivity index (χ4n) is 1.79. The van der Waals surface area contributed by atoms with Crippen LogP contribution in [-0.4, -0.2) is 28.2 Å². The molecule has 0 aliphatic rings. The molecule has 1 amide bonds. The molecule has 0 aliphatic carbocycles. The van der Waals surface area contributed by atoms with Gasteiger partial charge in [0.25, 0.3) is 5.91 Å². The van der Waals surface area contributed by atoms with Crippen molar-refractivity contribution in [2.45, 2.75) is 19.1 Å². The summed E-state index contributed by atoms with van der Waals surface area (Å²) in [7, 11) is 0. The lowest BCUT2D eigenvalue weighted by Gasteiger charge is -2.05. The van der Waals surface area contributed by atoms with Gasteiger partial charge in [-0.2, -0.15) is 11.8 Å². The summed E-state index contributed by atoms with van der Waals surface area (Å²) in [4.78, 5) is 19.8. The highest BCUT2D eigenvalue weighted by Crippen LogP contribution is 2.15. The van der Waals surface area contributed by atoms with Crippen LogP contribution in [0.5, 0.6) is 0 Å². The predicted molar refractivity (Wildman–Crippen MR) is 86.3 cm³/mol. The van der Waals surface area contributed by atoms with Crippen molar-refractivity contribution in [3.05, 3.63) is 59.4 Å². The molecular formula is C16H18FN3OS. The number of carbonyl (C=O) groups excluding carboxylic acids is 1. The zero-order valence-corrected chi connectivity index (χ0v) is 13.2. The number of aromatic nitrogens is 2. The summed E-state index contributed by atoms with van der Waals surface area (Å²) in [5.74, 6) is 1.81. The second kappa shape index (κ2) is 8.48. The van der Waals surface area contributed by atoms with E-state index < -0.39 is 0 Å². The molecule has 1 N–H and O–H groups in total. The first kappa shape index (κ1) is 16.4. The van der Waals surface area contributed by atoms with Crippen LogP contribution >= 0.6 is 11.8 Å². The van der Waals surface area contributed by atoms with Crippen LogP contribution in [0.3, 0.4) is 0 Å². The van der Waals surface area contributed by atoms with Gasteiger partial charge in [-0.3, -0.25) is 4.79 Å². The van der Waals surface area contributed by atoms with Crippen molar-refractivity contribution in [1.82, 2.24) is 15.3 Å². The van der Waals surface area contributed by atoms with E-state index in [1.54, 1.807) is 30.8 Å². The molecule has 0 atom stereocenters. The van der Waals surface area contributed by atoms with Gasteiger partial charge in [-0.25, -0.2) is 14.4 Å². The molecule has 1 heterocycles. The molecule has 2 rings (SSSR count). The summed E-state index contributed by atoms with van der Waals surface area (Å²) < 4.78 is 13.4. The van der Waals surface area contributed by atoms with Gasteiger partial charge >= 0.3 is 0 Å². The van der Waals surface area contributed by atoms with Crippen LogP contribution in [0.4, 0.5) is 4.39 Å². The van der Waals surface area contributed by atoms with Gasteiger partial charge in [0.2, 0.25) is 0 Å². The number of thioether (sulfide) groups is 1. The van der Waals surface area contributed by atoms with E-state index in [0.717, 1.165) is 12.2 Å². The van der Waals surface area contributed by atoms with Crippen LogP contribution in [0.25, 0.3) is 0 Å². The third kappa shape index (κ3) is 5.11. The Labute approximate surface area is 133 Å². The summed E-state index contributed by atoms with van der Waals surface area (Å²) in [5, 5.41) is 2.82. The summed E-state index contributed by atoms with van der Waals surface area (Å²) >= 11 is 1.65. The number of aryl methyl sites for hydroxylation is 1. The van der Waals surface area contributed by atoms with Gasteiger partial charge in [0.1, 0.15) is 11.6 Å². The van der Waals surface area contributed by atoms with Crippen molar-refractivity contribution in [2.75, 3.05) is 12.3 Å². The Hall–Kier alpha value is -1.95. The minimum absolute atomic E-state index is 0.164. The number of nitrogens with zero attached hydrogens (tertiary/aromatic N) is 2. The number of amides is 1. The summed E-state index contributed by atoms with van der Waals surface area (Å²) in [6.45, 7) is 2.35. The normalized spacial score (nSPS) is 10.5. The van der Waals surface area contributed by atoms with E-state index in [2.05, 4.69) is 15.3 Å². The highest BCUT2D eigenvalue weighted by atomic mass is 32.2. The molecule has 0 bridgehead atoms. The van der Waals surface area contributed by atoms with Gasteiger partial charge in [-0.1, -0.05) is 18.2 Å². The van der Waals surface area contributed by atoms with Gasteiger partial charge in [0.15, 0.2) is 0 Å². The quantitative estimate of drug-likeness (QED) is 0.797. The van der Waals surface area contributed by atoms with Crippen LogP contribution in [0.1, 0.15) is 28.2 Å². The van der Waals surface area contributed by atoms with E-state index >= 15 is 0 Å². The molecule has 1 aromatic heterocycles. The van der Waals surface area contributed by atoms with Gasteiger partial charge in [0, 0.05) is 24.7 Å². The molecule has 6 heteroatoms. The van der Waals surface area contributed by atoms with Crippen molar-refractivity contribution in [3.8, 4) is 0 Å². The highest BCUT2D eigenvalue weighted by molar-refractivity contribution is 7.98. The molecule has 22 heavy (non-hydrogen) atoms. The van der Waals surface area contributed by atoms with Crippen LogP contribution in [0, 0.1) is 12.7 Å². The van der Waals surface area contributed by atoms with Crippen LogP contribution < -0.4 is 5.32 Å². The molecule has 1 aromatic carbocycles. The molecule has 4 nitrogen and oxygen atoms in total. The fourth-order valence-corrected chi connectivity index (χ4v) is 2.73. The Balaban J connectivity index is 1.62. The van der Waals surface area contributed by atoms with Crippen molar-refractivity contribution in [3.63, 3.8) is 0 Å². The van der Waals surface area contributed by atoms with Gasteiger partial charge in [-0.15, -0.1) is 0 Å². The topological polar surface area (TPSA) is 54.9 Å². The molecule has 0 spiro atoms. The van der Waals surface area contributed by atoms with E-state index in [0.29, 0.717) is 29.2 Å². The molecule has 0 unspecified atom stereocenters. The summed E-state index contributed by atoms with van der Waals surface area (Å²) in [5.41, 5.74) is 1.18. The Morgan fingerprint density at radius 3 is 2.73 bits per heavy atom. The second-order valence-corrected chi connectivity index (χ2v) is 5.88. The Morgan fingerprint density at radius 1 is 1.27 bits per heavy atom. The maximum Gasteiger partial charge on any atom is 0.254 e. The molecule has 0 saturated carbocycles. The minimum atomic E-state index is -0.167. The third-order valence-corrected chi connectivity index (χ3v) is 4.10. The molecule has 116 valence electrons. The first-order valence-electron chi connectivity index (χ1n) is 7.05. The number of carbonyl (C=O) groups is 1. The Morgan fingerprint density at radius 2 is 2.00 bits per heavy atom. The maximum absolute atomic E-state index is 13.4. The maximum atomic E-state index is 13.4. The van der Waals surface area contributed by atoms with Crippen molar-refractivity contribution in [2.24, 2.45) is 0 Å². The smallest absolute Gasteiger partial charge is 0.254 e. The monoisotopic (exact) mass is 319 g/mol. The number of halogens is 1. The zero-order valence-electron chi connectivity index (χ0n) is 12.4. The number of benzene rings is 1. The SMILES string of the molecule is Cc1ncc(C(=O)NCCCSCc2ccccc2F)cn1. The van der Waals surface area contributed by atoms with Crippen LogP contribution in [0.15, 0.2) is 36.7 Å². The van der Waals surface area contributed by atoms with E-state index in [9.17, 15) is 9.18 Å². The summed E-state index contributed by atoms with van der Waals surface area (Å²) in [6.07, 6.45) is 3.87. The predicted octanol–water partition coefficient (Wildman–Crippen LogP) is 2.98. The first-order valence-corrected chi connectivity index (χ1v) is 8.20. The van der Waals surface area contributed by atoms with Crippen LogP contribution in [-0.2, 0) is 5.75 Å². The molecule has 0 aliphatic heterocycles. The molecular weight excluding hydrogens is 301 g/mol. The minimum Gasteiger partial charge on any atom is -0.352 e. The summed E-state index contributed by atoms with van der Waals surface area (Å²) in [6, 6.07) is 6.79. The molecule has 0 radical (unpaired) electrons. The van der Waals surface area contributed by atoms with Crippen molar-refractivity contribution in [1.29, 1.82) is 0 Å². The van der Waals surface area contributed by atoms with Crippen LogP contribution in [0.2, 0.25) is 0 Å². The van der Waals surface area contributed by atoms with Gasteiger partial charge in [-0.05, 0) is 30.7 Å².